The lowest BCUT2D eigenvalue weighted by atomic mass is 10.2. The van der Waals surface area contributed by atoms with Crippen LogP contribution in [0.4, 0.5) is 10.1 Å². The van der Waals surface area contributed by atoms with Crippen molar-refractivity contribution >= 4 is 11.6 Å². The van der Waals surface area contributed by atoms with Gasteiger partial charge >= 0.3 is 0 Å². The second kappa shape index (κ2) is 6.83. The Morgan fingerprint density at radius 2 is 2.30 bits per heavy atom. The van der Waals surface area contributed by atoms with Gasteiger partial charge in [0, 0.05) is 12.7 Å². The summed E-state index contributed by atoms with van der Waals surface area (Å²) in [7, 11) is 0. The predicted molar refractivity (Wildman–Crippen MR) is 82.3 cm³/mol. The summed E-state index contributed by atoms with van der Waals surface area (Å²) >= 11 is 0. The molecule has 1 atom stereocenters. The van der Waals surface area contributed by atoms with Crippen LogP contribution in [0.25, 0.3) is 0 Å². The number of anilines is 1. The minimum Gasteiger partial charge on any atom is -0.489 e. The van der Waals surface area contributed by atoms with Crippen LogP contribution in [0, 0.1) is 12.7 Å². The third-order valence-corrected chi connectivity index (χ3v) is 3.74. The summed E-state index contributed by atoms with van der Waals surface area (Å²) in [5.41, 5.74) is 0.688. The molecule has 0 bridgehead atoms. The highest BCUT2D eigenvalue weighted by Crippen LogP contribution is 2.27. The number of carbonyl (C=O) groups excluding carboxylic acids is 1. The molecular formula is C17H18FNO4. The van der Waals surface area contributed by atoms with E-state index in [2.05, 4.69) is 5.32 Å². The standard InChI is InChI=1S/C17H18FNO4/c1-11-14(6-8-21-11)17(20)19-15-9-12(18)4-5-16(15)23-10-13-3-2-7-22-13/h4-6,8-9,13H,2-3,7,10H2,1H3,(H,19,20). The van der Waals surface area contributed by atoms with Crippen LogP contribution >= 0.6 is 0 Å². The summed E-state index contributed by atoms with van der Waals surface area (Å²) in [4.78, 5) is 12.2. The van der Waals surface area contributed by atoms with E-state index in [9.17, 15) is 9.18 Å². The average Bonchev–Trinajstić information content (AvgIpc) is 3.17. The summed E-state index contributed by atoms with van der Waals surface area (Å²) in [6.07, 6.45) is 3.43. The normalized spacial score (nSPS) is 17.2. The molecule has 1 amide bonds. The van der Waals surface area contributed by atoms with Crippen LogP contribution in [0.3, 0.4) is 0 Å². The van der Waals surface area contributed by atoms with Gasteiger partial charge in [0.25, 0.3) is 5.91 Å². The van der Waals surface area contributed by atoms with E-state index in [1.165, 1.54) is 24.5 Å². The van der Waals surface area contributed by atoms with Crippen molar-refractivity contribution in [2.75, 3.05) is 18.5 Å². The first-order valence-corrected chi connectivity index (χ1v) is 7.53. The lowest BCUT2D eigenvalue weighted by Gasteiger charge is -2.15. The monoisotopic (exact) mass is 319 g/mol. The van der Waals surface area contributed by atoms with Gasteiger partial charge in [0.1, 0.15) is 23.9 Å². The van der Waals surface area contributed by atoms with E-state index in [1.807, 2.05) is 0 Å². The lowest BCUT2D eigenvalue weighted by Crippen LogP contribution is -2.18. The van der Waals surface area contributed by atoms with Gasteiger partial charge in [0.15, 0.2) is 0 Å². The number of carbonyl (C=O) groups is 1. The number of benzene rings is 1. The minimum absolute atomic E-state index is 0.0414. The van der Waals surface area contributed by atoms with Crippen molar-refractivity contribution in [3.05, 3.63) is 47.7 Å². The summed E-state index contributed by atoms with van der Waals surface area (Å²) in [5.74, 6) is 0.0922. The fourth-order valence-corrected chi connectivity index (χ4v) is 2.49. The largest absolute Gasteiger partial charge is 0.489 e. The molecule has 1 saturated heterocycles. The molecule has 0 saturated carbocycles. The van der Waals surface area contributed by atoms with Crippen molar-refractivity contribution in [2.24, 2.45) is 0 Å². The Morgan fingerprint density at radius 1 is 1.43 bits per heavy atom. The molecule has 1 aromatic heterocycles. The maximum atomic E-state index is 13.5. The number of hydrogen-bond acceptors (Lipinski definition) is 4. The van der Waals surface area contributed by atoms with Crippen molar-refractivity contribution < 1.29 is 23.1 Å². The molecule has 2 heterocycles. The fraction of sp³-hybridized carbons (Fsp3) is 0.353. The molecule has 1 aromatic carbocycles. The number of aryl methyl sites for hydroxylation is 1. The highest BCUT2D eigenvalue weighted by Gasteiger charge is 2.18. The summed E-state index contributed by atoms with van der Waals surface area (Å²) < 4.78 is 29.8. The SMILES string of the molecule is Cc1occc1C(=O)Nc1cc(F)ccc1OCC1CCCO1. The van der Waals surface area contributed by atoms with E-state index < -0.39 is 5.82 Å². The van der Waals surface area contributed by atoms with Crippen LogP contribution in [-0.2, 0) is 4.74 Å². The molecule has 3 rings (SSSR count). The molecule has 23 heavy (non-hydrogen) atoms. The van der Waals surface area contributed by atoms with Crippen molar-refractivity contribution in [1.29, 1.82) is 0 Å². The molecule has 2 aromatic rings. The van der Waals surface area contributed by atoms with Crippen LogP contribution in [-0.4, -0.2) is 25.2 Å². The zero-order valence-corrected chi connectivity index (χ0v) is 12.8. The second-order valence-electron chi connectivity index (χ2n) is 5.43. The van der Waals surface area contributed by atoms with E-state index in [1.54, 1.807) is 13.0 Å². The van der Waals surface area contributed by atoms with Gasteiger partial charge < -0.3 is 19.2 Å². The maximum Gasteiger partial charge on any atom is 0.259 e. The number of nitrogens with one attached hydrogen (secondary N) is 1. The summed E-state index contributed by atoms with van der Waals surface area (Å²) in [6, 6.07) is 5.60. The quantitative estimate of drug-likeness (QED) is 0.916. The molecule has 1 fully saturated rings. The van der Waals surface area contributed by atoms with Crippen LogP contribution in [0.1, 0.15) is 29.0 Å². The first-order chi connectivity index (χ1) is 11.1. The summed E-state index contributed by atoms with van der Waals surface area (Å²) in [5, 5.41) is 2.67. The van der Waals surface area contributed by atoms with Gasteiger partial charge in [-0.3, -0.25) is 4.79 Å². The van der Waals surface area contributed by atoms with Gasteiger partial charge in [-0.15, -0.1) is 0 Å². The third-order valence-electron chi connectivity index (χ3n) is 3.74. The predicted octanol–water partition coefficient (Wildman–Crippen LogP) is 3.54. The lowest BCUT2D eigenvalue weighted by molar-refractivity contribution is 0.0681. The molecule has 5 nitrogen and oxygen atoms in total. The zero-order valence-electron chi connectivity index (χ0n) is 12.8. The van der Waals surface area contributed by atoms with Crippen molar-refractivity contribution in [1.82, 2.24) is 0 Å². The first kappa shape index (κ1) is 15.6. The number of ether oxygens (including phenoxy) is 2. The van der Waals surface area contributed by atoms with Crippen LogP contribution < -0.4 is 10.1 Å². The molecule has 1 aliphatic heterocycles. The van der Waals surface area contributed by atoms with Crippen molar-refractivity contribution in [2.45, 2.75) is 25.9 Å². The Kier molecular flexibility index (Phi) is 4.62. The maximum absolute atomic E-state index is 13.5. The zero-order chi connectivity index (χ0) is 16.2. The molecule has 0 spiro atoms. The molecule has 1 N–H and O–H groups in total. The Morgan fingerprint density at radius 3 is 3.00 bits per heavy atom. The van der Waals surface area contributed by atoms with Gasteiger partial charge in [-0.05, 0) is 38.0 Å². The molecule has 6 heteroatoms. The van der Waals surface area contributed by atoms with Gasteiger partial charge in [0.2, 0.25) is 0 Å². The number of rotatable bonds is 5. The van der Waals surface area contributed by atoms with E-state index >= 15 is 0 Å². The smallest absolute Gasteiger partial charge is 0.259 e. The van der Waals surface area contributed by atoms with Gasteiger partial charge in [0.05, 0.1) is 23.6 Å². The second-order valence-corrected chi connectivity index (χ2v) is 5.43. The van der Waals surface area contributed by atoms with E-state index in [0.717, 1.165) is 19.4 Å². The van der Waals surface area contributed by atoms with Crippen LogP contribution in [0.2, 0.25) is 0 Å². The Balaban J connectivity index is 1.73. The molecule has 122 valence electrons. The van der Waals surface area contributed by atoms with Crippen LogP contribution in [0.5, 0.6) is 5.75 Å². The average molecular weight is 319 g/mol. The van der Waals surface area contributed by atoms with E-state index in [4.69, 9.17) is 13.9 Å². The Labute approximate surface area is 133 Å². The fourth-order valence-electron chi connectivity index (χ4n) is 2.49. The van der Waals surface area contributed by atoms with Crippen molar-refractivity contribution in [3.63, 3.8) is 0 Å². The number of halogens is 1. The Hall–Kier alpha value is -2.34. The summed E-state index contributed by atoms with van der Waals surface area (Å²) in [6.45, 7) is 2.80. The van der Waals surface area contributed by atoms with Gasteiger partial charge in [-0.2, -0.15) is 0 Å². The van der Waals surface area contributed by atoms with Crippen LogP contribution in [0.15, 0.2) is 34.9 Å². The molecule has 0 radical (unpaired) electrons. The first-order valence-electron chi connectivity index (χ1n) is 7.53. The van der Waals surface area contributed by atoms with E-state index in [-0.39, 0.29) is 17.7 Å². The Bertz CT molecular complexity index is 692. The topological polar surface area (TPSA) is 60.7 Å². The molecule has 0 aliphatic carbocycles. The van der Waals surface area contributed by atoms with E-state index in [0.29, 0.717) is 23.7 Å². The highest BCUT2D eigenvalue weighted by atomic mass is 19.1. The van der Waals surface area contributed by atoms with Gasteiger partial charge in [-0.25, -0.2) is 4.39 Å². The number of furan rings is 1. The highest BCUT2D eigenvalue weighted by molar-refractivity contribution is 6.05. The van der Waals surface area contributed by atoms with Crippen molar-refractivity contribution in [3.8, 4) is 5.75 Å². The minimum atomic E-state index is -0.450. The molecular weight excluding hydrogens is 301 g/mol. The van der Waals surface area contributed by atoms with Gasteiger partial charge in [-0.1, -0.05) is 0 Å². The molecule has 1 aliphatic rings. The molecule has 1 unspecified atom stereocenters. The number of amides is 1. The third kappa shape index (κ3) is 3.71. The number of hydrogen-bond donors (Lipinski definition) is 1.